The molecule has 41 heavy (non-hydrogen) atoms. The lowest BCUT2D eigenvalue weighted by Gasteiger charge is -2.08. The molecule has 0 spiro atoms. The SMILES string of the molecule is CCN(C)Cc1nc(-c2ccc(-c3ccsc3)cc2)no1.CN(C)Cc1nc(-c2ccc(-c3ccsc3)cc2)no1. The van der Waals surface area contributed by atoms with Gasteiger partial charge in [0.15, 0.2) is 0 Å². The average molecular weight is 585 g/mol. The van der Waals surface area contributed by atoms with Crippen molar-refractivity contribution in [3.05, 3.63) is 94.0 Å². The van der Waals surface area contributed by atoms with E-state index in [1.165, 1.54) is 22.3 Å². The third-order valence-corrected chi connectivity index (χ3v) is 7.69. The summed E-state index contributed by atoms with van der Waals surface area (Å²) in [6.45, 7) is 4.38. The molecule has 0 aliphatic heterocycles. The Morgan fingerprint density at radius 2 is 1.02 bits per heavy atom. The van der Waals surface area contributed by atoms with Crippen LogP contribution in [-0.2, 0) is 13.1 Å². The fourth-order valence-electron chi connectivity index (χ4n) is 3.97. The van der Waals surface area contributed by atoms with Gasteiger partial charge in [-0.3, -0.25) is 4.90 Å². The van der Waals surface area contributed by atoms with Crippen molar-refractivity contribution in [2.45, 2.75) is 20.0 Å². The zero-order valence-corrected chi connectivity index (χ0v) is 25.2. The molecule has 8 nitrogen and oxygen atoms in total. The van der Waals surface area contributed by atoms with E-state index in [0.29, 0.717) is 36.5 Å². The highest BCUT2D eigenvalue weighted by atomic mass is 32.1. The van der Waals surface area contributed by atoms with Gasteiger partial charge in [-0.2, -0.15) is 32.6 Å². The molecule has 0 unspecified atom stereocenters. The monoisotopic (exact) mass is 584 g/mol. The summed E-state index contributed by atoms with van der Waals surface area (Å²) in [4.78, 5) is 13.0. The summed E-state index contributed by atoms with van der Waals surface area (Å²) in [6.07, 6.45) is 0. The maximum absolute atomic E-state index is 5.29. The molecule has 210 valence electrons. The lowest BCUT2D eigenvalue weighted by Crippen LogP contribution is -2.16. The van der Waals surface area contributed by atoms with Crippen LogP contribution in [0.2, 0.25) is 0 Å². The standard InChI is InChI=1S/C16H17N3OS.C15H15N3OS/c1-3-19(2)10-15-17-16(18-20-15)13-6-4-12(5-7-13)14-8-9-21-11-14;1-18(2)9-14-16-15(17-19-14)12-5-3-11(4-6-12)13-7-8-20-10-13/h4-9,11H,3,10H2,1-2H3;3-8,10H,9H2,1-2H3. The molecule has 0 fully saturated rings. The number of benzene rings is 2. The van der Waals surface area contributed by atoms with Crippen molar-refractivity contribution in [1.29, 1.82) is 0 Å². The summed E-state index contributed by atoms with van der Waals surface area (Å²) in [5.41, 5.74) is 6.83. The summed E-state index contributed by atoms with van der Waals surface area (Å²) in [6, 6.07) is 20.7. The third-order valence-electron chi connectivity index (χ3n) is 6.33. The fraction of sp³-hybridized carbons (Fsp3) is 0.226. The zero-order valence-electron chi connectivity index (χ0n) is 23.5. The third kappa shape index (κ3) is 7.62. The maximum Gasteiger partial charge on any atom is 0.241 e. The first kappa shape index (κ1) is 28.6. The largest absolute Gasteiger partial charge is 0.338 e. The highest BCUT2D eigenvalue weighted by molar-refractivity contribution is 7.08. The molecule has 0 radical (unpaired) electrons. The summed E-state index contributed by atoms with van der Waals surface area (Å²) >= 11 is 3.40. The highest BCUT2D eigenvalue weighted by Crippen LogP contribution is 2.26. The predicted molar refractivity (Wildman–Crippen MR) is 165 cm³/mol. The van der Waals surface area contributed by atoms with Crippen LogP contribution in [0.3, 0.4) is 0 Å². The van der Waals surface area contributed by atoms with E-state index in [1.807, 2.05) is 50.3 Å². The molecule has 6 rings (SSSR count). The van der Waals surface area contributed by atoms with E-state index in [2.05, 4.69) is 90.0 Å². The molecule has 0 aliphatic carbocycles. The second kappa shape index (κ2) is 13.6. The molecule has 0 aliphatic rings. The fourth-order valence-corrected chi connectivity index (χ4v) is 5.30. The number of hydrogen-bond acceptors (Lipinski definition) is 10. The van der Waals surface area contributed by atoms with E-state index in [1.54, 1.807) is 22.7 Å². The van der Waals surface area contributed by atoms with Crippen LogP contribution in [-0.4, -0.2) is 57.8 Å². The van der Waals surface area contributed by atoms with Crippen molar-refractivity contribution in [1.82, 2.24) is 30.1 Å². The Hall–Kier alpha value is -3.96. The molecule has 0 amide bonds. The normalized spacial score (nSPS) is 11.2. The van der Waals surface area contributed by atoms with Crippen LogP contribution in [0.1, 0.15) is 18.7 Å². The molecule has 6 aromatic rings. The van der Waals surface area contributed by atoms with Crippen molar-refractivity contribution in [2.24, 2.45) is 0 Å². The van der Waals surface area contributed by atoms with Crippen LogP contribution in [0.25, 0.3) is 45.0 Å². The molecule has 0 atom stereocenters. The Morgan fingerprint density at radius 1 is 0.585 bits per heavy atom. The summed E-state index contributed by atoms with van der Waals surface area (Å²) in [5, 5.41) is 16.5. The highest BCUT2D eigenvalue weighted by Gasteiger charge is 2.11. The number of nitrogens with zero attached hydrogens (tertiary/aromatic N) is 6. The minimum atomic E-state index is 0.631. The van der Waals surface area contributed by atoms with Crippen LogP contribution in [0.5, 0.6) is 0 Å². The van der Waals surface area contributed by atoms with Gasteiger partial charge in [-0.25, -0.2) is 0 Å². The van der Waals surface area contributed by atoms with Gasteiger partial charge in [0.05, 0.1) is 13.1 Å². The van der Waals surface area contributed by atoms with Crippen molar-refractivity contribution >= 4 is 22.7 Å². The molecule has 2 aromatic carbocycles. The van der Waals surface area contributed by atoms with E-state index in [0.717, 1.165) is 17.7 Å². The van der Waals surface area contributed by atoms with Crippen molar-refractivity contribution in [3.63, 3.8) is 0 Å². The van der Waals surface area contributed by atoms with Gasteiger partial charge in [0.25, 0.3) is 0 Å². The quantitative estimate of drug-likeness (QED) is 0.173. The van der Waals surface area contributed by atoms with Crippen LogP contribution in [0, 0.1) is 0 Å². The van der Waals surface area contributed by atoms with E-state index in [9.17, 15) is 0 Å². The first-order valence-electron chi connectivity index (χ1n) is 13.2. The Balaban J connectivity index is 0.000000165. The first-order valence-corrected chi connectivity index (χ1v) is 15.1. The van der Waals surface area contributed by atoms with Gasteiger partial charge < -0.3 is 13.9 Å². The predicted octanol–water partition coefficient (Wildman–Crippen LogP) is 7.44. The summed E-state index contributed by atoms with van der Waals surface area (Å²) < 4.78 is 10.5. The van der Waals surface area contributed by atoms with Gasteiger partial charge in [-0.05, 0) is 83.6 Å². The van der Waals surface area contributed by atoms with Crippen LogP contribution < -0.4 is 0 Å². The Kier molecular flexibility index (Phi) is 9.48. The van der Waals surface area contributed by atoms with Gasteiger partial charge in [0.2, 0.25) is 23.4 Å². The Morgan fingerprint density at radius 3 is 1.41 bits per heavy atom. The Labute approximate surface area is 247 Å². The van der Waals surface area contributed by atoms with E-state index < -0.39 is 0 Å². The number of hydrogen-bond donors (Lipinski definition) is 0. The van der Waals surface area contributed by atoms with Gasteiger partial charge >= 0.3 is 0 Å². The van der Waals surface area contributed by atoms with Crippen molar-refractivity contribution < 1.29 is 9.05 Å². The van der Waals surface area contributed by atoms with Crippen LogP contribution >= 0.6 is 22.7 Å². The molecule has 10 heteroatoms. The molecular weight excluding hydrogens is 553 g/mol. The van der Waals surface area contributed by atoms with E-state index >= 15 is 0 Å². The molecular formula is C31H32N6O2S2. The van der Waals surface area contributed by atoms with Gasteiger partial charge in [-0.15, -0.1) is 0 Å². The second-order valence-corrected chi connectivity index (χ2v) is 11.3. The minimum absolute atomic E-state index is 0.631. The summed E-state index contributed by atoms with van der Waals surface area (Å²) in [5.74, 6) is 2.56. The van der Waals surface area contributed by atoms with Gasteiger partial charge in [0, 0.05) is 11.1 Å². The van der Waals surface area contributed by atoms with Gasteiger partial charge in [-0.1, -0.05) is 65.8 Å². The minimum Gasteiger partial charge on any atom is -0.338 e. The number of aromatic nitrogens is 4. The Bertz CT molecular complexity index is 1610. The molecule has 0 saturated carbocycles. The lowest BCUT2D eigenvalue weighted by molar-refractivity contribution is 0.276. The van der Waals surface area contributed by atoms with E-state index in [4.69, 9.17) is 9.05 Å². The van der Waals surface area contributed by atoms with Crippen molar-refractivity contribution in [3.8, 4) is 45.0 Å². The maximum atomic E-state index is 5.29. The molecule has 4 aromatic heterocycles. The number of thiophene rings is 2. The van der Waals surface area contributed by atoms with Gasteiger partial charge in [0.1, 0.15) is 0 Å². The van der Waals surface area contributed by atoms with Crippen LogP contribution in [0.15, 0.2) is 91.2 Å². The second-order valence-electron chi connectivity index (χ2n) is 9.77. The van der Waals surface area contributed by atoms with Crippen molar-refractivity contribution in [2.75, 3.05) is 27.7 Å². The molecule has 0 N–H and O–H groups in total. The zero-order chi connectivity index (χ0) is 28.6. The van der Waals surface area contributed by atoms with E-state index in [-0.39, 0.29) is 0 Å². The average Bonchev–Trinajstić information content (AvgIpc) is 3.81. The topological polar surface area (TPSA) is 84.3 Å². The molecule has 0 saturated heterocycles. The summed E-state index contributed by atoms with van der Waals surface area (Å²) in [7, 11) is 5.97. The molecule has 4 heterocycles. The number of rotatable bonds is 9. The smallest absolute Gasteiger partial charge is 0.241 e. The molecule has 0 bridgehead atoms. The first-order chi connectivity index (χ1) is 20.0. The lowest BCUT2D eigenvalue weighted by atomic mass is 10.1. The van der Waals surface area contributed by atoms with Crippen LogP contribution in [0.4, 0.5) is 0 Å².